The number of aromatic nitrogens is 4. The highest BCUT2D eigenvalue weighted by Gasteiger charge is 2.22. The van der Waals surface area contributed by atoms with Crippen molar-refractivity contribution < 1.29 is 0 Å². The lowest BCUT2D eigenvalue weighted by Gasteiger charge is -2.19. The largest absolute Gasteiger partial charge is 0.279 e. The Morgan fingerprint density at radius 3 is 1.47 bits per heavy atom. The van der Waals surface area contributed by atoms with Gasteiger partial charge in [-0.05, 0) is 137 Å². The molecule has 14 rings (SSSR count). The van der Waals surface area contributed by atoms with Crippen molar-refractivity contribution in [3.63, 3.8) is 0 Å². The van der Waals surface area contributed by atoms with Crippen LogP contribution in [0.25, 0.3) is 132 Å². The summed E-state index contributed by atoms with van der Waals surface area (Å²) in [5, 5.41) is 13.3. The maximum absolute atomic E-state index is 5.40. The van der Waals surface area contributed by atoms with Crippen LogP contribution >= 0.6 is 0 Å². The Balaban J connectivity index is 1.04. The van der Waals surface area contributed by atoms with E-state index in [1.54, 1.807) is 0 Å². The van der Waals surface area contributed by atoms with Gasteiger partial charge in [0.15, 0.2) is 0 Å². The summed E-state index contributed by atoms with van der Waals surface area (Å²) in [6.45, 7) is 0. The van der Waals surface area contributed by atoms with E-state index in [1.807, 2.05) is 0 Å². The van der Waals surface area contributed by atoms with Crippen LogP contribution in [0.1, 0.15) is 0 Å². The van der Waals surface area contributed by atoms with E-state index in [1.165, 1.54) is 81.7 Å². The van der Waals surface area contributed by atoms with Crippen LogP contribution in [0.5, 0.6) is 0 Å². The van der Waals surface area contributed by atoms with Gasteiger partial charge < -0.3 is 0 Å². The SMILES string of the molecule is c1ccc2cc(-c3c4ccccc4c(-c4ccc5ccccc5c4)c4cc(-c5ccc6c(c5)c5ccccc5n6-c5nc6ccccc6c6nc7ccccc7n56)ccc34)ccc2c1. The van der Waals surface area contributed by atoms with Gasteiger partial charge in [0.1, 0.15) is 5.65 Å². The standard InChI is InChI=1S/C60H36N4/c1-3-15-39-33-43(27-25-37(39)13-1)57-46-18-5-6-19-47(46)58(44-28-26-38-14-2-4-16-40(38)34-44)51-36-41(29-31-48(51)57)42-30-32-55-50(35-42)45-17-8-11-23-54(45)63(55)60-62-52-21-9-7-20-49(52)59-61-53-22-10-12-24-56(53)64(59)60/h1-36H. The maximum Gasteiger partial charge on any atom is 0.221 e. The van der Waals surface area contributed by atoms with E-state index in [-0.39, 0.29) is 0 Å². The van der Waals surface area contributed by atoms with Crippen molar-refractivity contribution in [3.05, 3.63) is 218 Å². The first kappa shape index (κ1) is 35.0. The van der Waals surface area contributed by atoms with E-state index < -0.39 is 0 Å². The molecular formula is C60H36N4. The molecule has 0 bridgehead atoms. The van der Waals surface area contributed by atoms with Gasteiger partial charge in [0.05, 0.1) is 27.6 Å². The lowest BCUT2D eigenvalue weighted by molar-refractivity contribution is 0.979. The molecular weight excluding hydrogens is 777 g/mol. The number of rotatable bonds is 4. The van der Waals surface area contributed by atoms with Crippen molar-refractivity contribution in [2.45, 2.75) is 0 Å². The molecule has 11 aromatic carbocycles. The normalized spacial score (nSPS) is 12.1. The Kier molecular flexibility index (Phi) is 7.36. The summed E-state index contributed by atoms with van der Waals surface area (Å²) in [5.74, 6) is 0.820. The summed E-state index contributed by atoms with van der Waals surface area (Å²) >= 11 is 0. The second-order valence-electron chi connectivity index (χ2n) is 17.0. The number of hydrogen-bond acceptors (Lipinski definition) is 2. The second kappa shape index (κ2) is 13.4. The van der Waals surface area contributed by atoms with Gasteiger partial charge in [0, 0.05) is 16.2 Å². The van der Waals surface area contributed by atoms with Crippen LogP contribution < -0.4 is 0 Å². The fraction of sp³-hybridized carbons (Fsp3) is 0. The van der Waals surface area contributed by atoms with Crippen LogP contribution in [0.15, 0.2) is 218 Å². The van der Waals surface area contributed by atoms with E-state index in [9.17, 15) is 0 Å². The lowest BCUT2D eigenvalue weighted by Crippen LogP contribution is -2.06. The van der Waals surface area contributed by atoms with E-state index in [4.69, 9.17) is 9.97 Å². The third kappa shape index (κ3) is 5.11. The van der Waals surface area contributed by atoms with Crippen molar-refractivity contribution in [1.82, 2.24) is 18.9 Å². The van der Waals surface area contributed by atoms with Gasteiger partial charge in [-0.3, -0.25) is 8.97 Å². The average molecular weight is 813 g/mol. The number of imidazole rings is 1. The predicted molar refractivity (Wildman–Crippen MR) is 269 cm³/mol. The van der Waals surface area contributed by atoms with Crippen molar-refractivity contribution >= 4 is 92.5 Å². The van der Waals surface area contributed by atoms with E-state index in [2.05, 4.69) is 227 Å². The smallest absolute Gasteiger partial charge is 0.221 e. The topological polar surface area (TPSA) is 35.1 Å². The van der Waals surface area contributed by atoms with Crippen molar-refractivity contribution in [2.24, 2.45) is 0 Å². The van der Waals surface area contributed by atoms with E-state index in [0.717, 1.165) is 50.1 Å². The Hall–Kier alpha value is -8.60. The first-order valence-electron chi connectivity index (χ1n) is 21.9. The summed E-state index contributed by atoms with van der Waals surface area (Å²) in [5.41, 5.74) is 13.2. The fourth-order valence-electron chi connectivity index (χ4n) is 10.5. The molecule has 64 heavy (non-hydrogen) atoms. The minimum absolute atomic E-state index is 0.820. The van der Waals surface area contributed by atoms with Gasteiger partial charge in [-0.25, -0.2) is 9.97 Å². The van der Waals surface area contributed by atoms with Gasteiger partial charge in [-0.1, -0.05) is 158 Å². The molecule has 0 radical (unpaired) electrons. The first-order chi connectivity index (χ1) is 31.7. The van der Waals surface area contributed by atoms with E-state index in [0.29, 0.717) is 0 Å². The van der Waals surface area contributed by atoms with Gasteiger partial charge in [-0.15, -0.1) is 0 Å². The molecule has 0 spiro atoms. The zero-order valence-corrected chi connectivity index (χ0v) is 34.6. The van der Waals surface area contributed by atoms with Crippen LogP contribution in [-0.2, 0) is 0 Å². The molecule has 0 saturated carbocycles. The van der Waals surface area contributed by atoms with Crippen molar-refractivity contribution in [2.75, 3.05) is 0 Å². The second-order valence-corrected chi connectivity index (χ2v) is 17.0. The Morgan fingerprint density at radius 2 is 0.766 bits per heavy atom. The van der Waals surface area contributed by atoms with Crippen LogP contribution in [0.3, 0.4) is 0 Å². The van der Waals surface area contributed by atoms with Crippen LogP contribution in [0, 0.1) is 0 Å². The molecule has 4 heteroatoms. The number of para-hydroxylation sites is 4. The number of benzene rings is 11. The molecule has 296 valence electrons. The first-order valence-corrected chi connectivity index (χ1v) is 21.9. The lowest BCUT2D eigenvalue weighted by atomic mass is 9.84. The molecule has 0 saturated heterocycles. The fourth-order valence-corrected chi connectivity index (χ4v) is 10.5. The van der Waals surface area contributed by atoms with Crippen molar-refractivity contribution in [3.8, 4) is 39.3 Å². The molecule has 0 unspecified atom stereocenters. The summed E-state index contributed by atoms with van der Waals surface area (Å²) in [4.78, 5) is 10.6. The zero-order chi connectivity index (χ0) is 41.9. The molecule has 4 nitrogen and oxygen atoms in total. The Labute approximate surface area is 367 Å². The number of nitrogens with zero attached hydrogens (tertiary/aromatic N) is 4. The summed E-state index contributed by atoms with van der Waals surface area (Å²) < 4.78 is 4.55. The third-order valence-corrected chi connectivity index (χ3v) is 13.4. The average Bonchev–Trinajstić information content (AvgIpc) is 3.91. The molecule has 0 aliphatic heterocycles. The quantitative estimate of drug-likeness (QED) is 0.166. The number of fused-ring (bicyclic) bond motifs is 12. The predicted octanol–water partition coefficient (Wildman–Crippen LogP) is 15.7. The molecule has 0 atom stereocenters. The summed E-state index contributed by atoms with van der Waals surface area (Å²) in [7, 11) is 0. The van der Waals surface area contributed by atoms with Crippen LogP contribution in [0.2, 0.25) is 0 Å². The van der Waals surface area contributed by atoms with Gasteiger partial charge in [-0.2, -0.15) is 0 Å². The molecule has 14 aromatic rings. The molecule has 3 aromatic heterocycles. The minimum Gasteiger partial charge on any atom is -0.279 e. The van der Waals surface area contributed by atoms with Gasteiger partial charge >= 0.3 is 0 Å². The van der Waals surface area contributed by atoms with Gasteiger partial charge in [0.25, 0.3) is 0 Å². The summed E-state index contributed by atoms with van der Waals surface area (Å²) in [6.07, 6.45) is 0. The third-order valence-electron chi connectivity index (χ3n) is 13.4. The highest BCUT2D eigenvalue weighted by Crippen LogP contribution is 2.46. The zero-order valence-electron chi connectivity index (χ0n) is 34.6. The van der Waals surface area contributed by atoms with Crippen molar-refractivity contribution in [1.29, 1.82) is 0 Å². The molecule has 3 heterocycles. The highest BCUT2D eigenvalue weighted by atomic mass is 15.2. The Morgan fingerprint density at radius 1 is 0.281 bits per heavy atom. The molecule has 0 aliphatic rings. The number of hydrogen-bond donors (Lipinski definition) is 0. The Bertz CT molecular complexity index is 4270. The summed E-state index contributed by atoms with van der Waals surface area (Å²) in [6, 6.07) is 79.6. The molecule has 0 amide bonds. The molecule has 0 aliphatic carbocycles. The monoisotopic (exact) mass is 812 g/mol. The minimum atomic E-state index is 0.820. The van der Waals surface area contributed by atoms with Crippen LogP contribution in [-0.4, -0.2) is 18.9 Å². The van der Waals surface area contributed by atoms with Crippen LogP contribution in [0.4, 0.5) is 0 Å². The van der Waals surface area contributed by atoms with Gasteiger partial charge in [0.2, 0.25) is 5.95 Å². The van der Waals surface area contributed by atoms with E-state index >= 15 is 0 Å². The molecule has 0 fully saturated rings. The maximum atomic E-state index is 5.40. The molecule has 0 N–H and O–H groups in total. The highest BCUT2D eigenvalue weighted by molar-refractivity contribution is 6.23.